The summed E-state index contributed by atoms with van der Waals surface area (Å²) >= 11 is 0. The molecule has 0 fully saturated rings. The fourth-order valence-electron chi connectivity index (χ4n) is 3.15. The summed E-state index contributed by atoms with van der Waals surface area (Å²) in [6.07, 6.45) is -0.00624. The van der Waals surface area contributed by atoms with Gasteiger partial charge in [-0.05, 0) is 42.0 Å². The van der Waals surface area contributed by atoms with Gasteiger partial charge in [0, 0.05) is 28.9 Å². The summed E-state index contributed by atoms with van der Waals surface area (Å²) in [5.41, 5.74) is 14.3. The molecule has 0 aromatic heterocycles. The van der Waals surface area contributed by atoms with Gasteiger partial charge in [0.2, 0.25) is 0 Å². The molecule has 3 rings (SSSR count). The summed E-state index contributed by atoms with van der Waals surface area (Å²) in [5, 5.41) is 0. The minimum absolute atomic E-state index is 0.00624. The molecule has 0 saturated carbocycles. The molecular weight excluding hydrogens is 352 g/mol. The van der Waals surface area contributed by atoms with Crippen LogP contribution in [0.3, 0.4) is 0 Å². The summed E-state index contributed by atoms with van der Waals surface area (Å²) in [5.74, 6) is -0.400. The topological polar surface area (TPSA) is 95.4 Å². The second-order valence-corrected chi connectivity index (χ2v) is 6.49. The molecule has 0 amide bonds. The van der Waals surface area contributed by atoms with Crippen LogP contribution in [-0.4, -0.2) is 18.7 Å². The SMILES string of the molecule is COc1ccc(C(CC(=O)c2ccccc2N)C(=O)c2ccccc2N)cc1. The van der Waals surface area contributed by atoms with E-state index in [1.54, 1.807) is 79.9 Å². The number of nitrogen functional groups attached to an aromatic ring is 2. The van der Waals surface area contributed by atoms with Gasteiger partial charge in [-0.3, -0.25) is 9.59 Å². The summed E-state index contributed by atoms with van der Waals surface area (Å²) in [7, 11) is 1.57. The standard InChI is InChI=1S/C23H22N2O3/c1-28-16-12-10-15(11-13-16)19(23(27)18-7-3-5-9-21(18)25)14-22(26)17-6-2-4-8-20(17)24/h2-13,19H,14,24-25H2,1H3. The van der Waals surface area contributed by atoms with Crippen LogP contribution in [0.4, 0.5) is 11.4 Å². The van der Waals surface area contributed by atoms with Crippen molar-refractivity contribution in [2.75, 3.05) is 18.6 Å². The fourth-order valence-corrected chi connectivity index (χ4v) is 3.15. The number of nitrogens with two attached hydrogens (primary N) is 2. The number of rotatable bonds is 7. The van der Waals surface area contributed by atoms with Crippen LogP contribution in [-0.2, 0) is 0 Å². The zero-order valence-electron chi connectivity index (χ0n) is 15.6. The highest BCUT2D eigenvalue weighted by Crippen LogP contribution is 2.30. The predicted octanol–water partition coefficient (Wildman–Crippen LogP) is 4.10. The van der Waals surface area contributed by atoms with Crippen molar-refractivity contribution in [3.8, 4) is 5.75 Å². The lowest BCUT2D eigenvalue weighted by molar-refractivity contribution is 0.0894. The Hall–Kier alpha value is -3.60. The number of ether oxygens (including phenoxy) is 1. The zero-order valence-corrected chi connectivity index (χ0v) is 15.6. The van der Waals surface area contributed by atoms with Gasteiger partial charge in [-0.25, -0.2) is 0 Å². The van der Waals surface area contributed by atoms with E-state index >= 15 is 0 Å². The van der Waals surface area contributed by atoms with Crippen LogP contribution in [0.25, 0.3) is 0 Å². The van der Waals surface area contributed by atoms with Gasteiger partial charge >= 0.3 is 0 Å². The van der Waals surface area contributed by atoms with Crippen LogP contribution in [0, 0.1) is 0 Å². The molecule has 4 N–H and O–H groups in total. The lowest BCUT2D eigenvalue weighted by Gasteiger charge is -2.18. The van der Waals surface area contributed by atoms with E-state index in [0.29, 0.717) is 28.3 Å². The van der Waals surface area contributed by atoms with Gasteiger partial charge in [0.05, 0.1) is 13.0 Å². The average Bonchev–Trinajstić information content (AvgIpc) is 2.72. The number of ketones is 2. The van der Waals surface area contributed by atoms with Gasteiger partial charge in [0.25, 0.3) is 0 Å². The molecule has 0 aliphatic heterocycles. The highest BCUT2D eigenvalue weighted by molar-refractivity contribution is 6.09. The molecule has 0 spiro atoms. The number of hydrogen-bond acceptors (Lipinski definition) is 5. The highest BCUT2D eigenvalue weighted by atomic mass is 16.5. The number of anilines is 2. The molecule has 1 atom stereocenters. The molecule has 5 nitrogen and oxygen atoms in total. The number of para-hydroxylation sites is 2. The molecule has 5 heteroatoms. The number of methoxy groups -OCH3 is 1. The Labute approximate surface area is 163 Å². The maximum Gasteiger partial charge on any atom is 0.172 e. The Balaban J connectivity index is 1.99. The number of carbonyl (C=O) groups is 2. The van der Waals surface area contributed by atoms with Crippen LogP contribution in [0.2, 0.25) is 0 Å². The van der Waals surface area contributed by atoms with E-state index in [9.17, 15) is 9.59 Å². The minimum Gasteiger partial charge on any atom is -0.497 e. The average molecular weight is 374 g/mol. The molecular formula is C23H22N2O3. The lowest BCUT2D eigenvalue weighted by Crippen LogP contribution is -2.19. The van der Waals surface area contributed by atoms with Gasteiger partial charge in [-0.1, -0.05) is 36.4 Å². The molecule has 0 aliphatic carbocycles. The van der Waals surface area contributed by atoms with Crippen LogP contribution >= 0.6 is 0 Å². The van der Waals surface area contributed by atoms with E-state index in [2.05, 4.69) is 0 Å². The van der Waals surface area contributed by atoms with E-state index in [-0.39, 0.29) is 18.0 Å². The van der Waals surface area contributed by atoms with Gasteiger partial charge in [-0.15, -0.1) is 0 Å². The van der Waals surface area contributed by atoms with E-state index in [0.717, 1.165) is 5.56 Å². The molecule has 0 saturated heterocycles. The number of benzene rings is 3. The maximum absolute atomic E-state index is 13.3. The summed E-state index contributed by atoms with van der Waals surface area (Å²) in [6.45, 7) is 0. The largest absolute Gasteiger partial charge is 0.497 e. The first-order valence-corrected chi connectivity index (χ1v) is 8.91. The third kappa shape index (κ3) is 4.04. The lowest BCUT2D eigenvalue weighted by atomic mass is 9.84. The van der Waals surface area contributed by atoms with Crippen LogP contribution < -0.4 is 16.2 Å². The van der Waals surface area contributed by atoms with Crippen molar-refractivity contribution in [1.29, 1.82) is 0 Å². The first-order chi connectivity index (χ1) is 13.5. The second-order valence-electron chi connectivity index (χ2n) is 6.49. The summed E-state index contributed by atoms with van der Waals surface area (Å²) in [4.78, 5) is 26.2. The highest BCUT2D eigenvalue weighted by Gasteiger charge is 2.27. The zero-order chi connectivity index (χ0) is 20.1. The number of hydrogen-bond donors (Lipinski definition) is 2. The van der Waals surface area contributed by atoms with Crippen molar-refractivity contribution >= 4 is 22.9 Å². The summed E-state index contributed by atoms with van der Waals surface area (Å²) < 4.78 is 5.19. The first kappa shape index (κ1) is 19.2. The van der Waals surface area contributed by atoms with Crippen LogP contribution in [0.15, 0.2) is 72.8 Å². The van der Waals surface area contributed by atoms with Crippen molar-refractivity contribution in [3.63, 3.8) is 0 Å². The Morgan fingerprint density at radius 2 is 1.36 bits per heavy atom. The molecule has 28 heavy (non-hydrogen) atoms. The third-order valence-electron chi connectivity index (χ3n) is 4.71. The smallest absolute Gasteiger partial charge is 0.172 e. The molecule has 0 aliphatic rings. The van der Waals surface area contributed by atoms with E-state index in [1.165, 1.54) is 0 Å². The normalized spacial score (nSPS) is 11.6. The fraction of sp³-hybridized carbons (Fsp3) is 0.130. The molecule has 142 valence electrons. The molecule has 0 radical (unpaired) electrons. The van der Waals surface area contributed by atoms with E-state index in [1.807, 2.05) is 0 Å². The first-order valence-electron chi connectivity index (χ1n) is 8.91. The Bertz CT molecular complexity index is 997. The molecule has 3 aromatic carbocycles. The van der Waals surface area contributed by atoms with Crippen molar-refractivity contribution in [3.05, 3.63) is 89.5 Å². The molecule has 1 unspecified atom stereocenters. The molecule has 0 heterocycles. The summed E-state index contributed by atoms with van der Waals surface area (Å²) in [6, 6.07) is 20.9. The minimum atomic E-state index is -0.678. The Morgan fingerprint density at radius 3 is 1.89 bits per heavy atom. The van der Waals surface area contributed by atoms with Crippen molar-refractivity contribution < 1.29 is 14.3 Å². The Morgan fingerprint density at radius 1 is 0.821 bits per heavy atom. The van der Waals surface area contributed by atoms with Crippen molar-refractivity contribution in [2.24, 2.45) is 0 Å². The second kappa shape index (κ2) is 8.39. The maximum atomic E-state index is 13.3. The van der Waals surface area contributed by atoms with Gasteiger partial charge < -0.3 is 16.2 Å². The van der Waals surface area contributed by atoms with E-state index in [4.69, 9.17) is 16.2 Å². The van der Waals surface area contributed by atoms with Crippen molar-refractivity contribution in [2.45, 2.75) is 12.3 Å². The van der Waals surface area contributed by atoms with Gasteiger partial charge in [0.15, 0.2) is 11.6 Å². The quantitative estimate of drug-likeness (QED) is 0.479. The number of Topliss-reactive ketones (excluding diaryl/α,β-unsaturated/α-hetero) is 2. The molecule has 3 aromatic rings. The van der Waals surface area contributed by atoms with Gasteiger partial charge in [0.1, 0.15) is 5.75 Å². The monoisotopic (exact) mass is 374 g/mol. The van der Waals surface area contributed by atoms with Gasteiger partial charge in [-0.2, -0.15) is 0 Å². The third-order valence-corrected chi connectivity index (χ3v) is 4.71. The van der Waals surface area contributed by atoms with E-state index < -0.39 is 5.92 Å². The molecule has 0 bridgehead atoms. The Kier molecular flexibility index (Phi) is 5.75. The number of carbonyl (C=O) groups excluding carboxylic acids is 2. The predicted molar refractivity (Wildman–Crippen MR) is 111 cm³/mol. The van der Waals surface area contributed by atoms with Crippen LogP contribution in [0.5, 0.6) is 5.75 Å². The van der Waals surface area contributed by atoms with Crippen molar-refractivity contribution in [1.82, 2.24) is 0 Å². The van der Waals surface area contributed by atoms with Crippen LogP contribution in [0.1, 0.15) is 38.6 Å².